The van der Waals surface area contributed by atoms with Gasteiger partial charge in [0.1, 0.15) is 12.1 Å². The fourth-order valence-corrected chi connectivity index (χ4v) is 3.46. The second kappa shape index (κ2) is 8.31. The smallest absolute Gasteiger partial charge is 0.163 e. The van der Waals surface area contributed by atoms with E-state index in [1.165, 1.54) is 0 Å². The molecule has 0 unspecified atom stereocenters. The van der Waals surface area contributed by atoms with Gasteiger partial charge in [0, 0.05) is 48.0 Å². The summed E-state index contributed by atoms with van der Waals surface area (Å²) in [5.74, 6) is 1.98. The van der Waals surface area contributed by atoms with Crippen LogP contribution < -0.4 is 14.8 Å². The third-order valence-corrected chi connectivity index (χ3v) is 5.00. The molecule has 9 heteroatoms. The summed E-state index contributed by atoms with van der Waals surface area (Å²) in [4.78, 5) is 12.1. The number of methoxy groups -OCH3 is 1. The molecule has 0 spiro atoms. The number of nitrogens with one attached hydrogen (secondary N) is 2. The zero-order valence-corrected chi connectivity index (χ0v) is 16.9. The van der Waals surface area contributed by atoms with Crippen molar-refractivity contribution in [2.45, 2.75) is 13.0 Å². The van der Waals surface area contributed by atoms with E-state index >= 15 is 0 Å². The van der Waals surface area contributed by atoms with Gasteiger partial charge in [0.05, 0.1) is 25.4 Å². The predicted octanol–water partition coefficient (Wildman–Crippen LogP) is 3.92. The predicted molar refractivity (Wildman–Crippen MR) is 118 cm³/mol. The molecule has 0 amide bonds. The summed E-state index contributed by atoms with van der Waals surface area (Å²) in [5.41, 5.74) is 2.76. The zero-order valence-electron chi connectivity index (χ0n) is 16.9. The topological polar surface area (TPSA) is 103 Å². The van der Waals surface area contributed by atoms with Crippen LogP contribution in [-0.2, 0) is 6.54 Å². The standard InChI is InChI=1S/C22H21N7O2/c1-30-20-12-17-19(13-21(20)31-10-2-8-29-9-7-26-28-29)24-14-25-22(17)27-16-4-3-15-5-6-23-18(15)11-16/h3-7,9,11-14,23H,2,8,10H2,1H3,(H,24,25,27). The van der Waals surface area contributed by atoms with Crippen LogP contribution in [0.4, 0.5) is 11.5 Å². The summed E-state index contributed by atoms with van der Waals surface area (Å²) < 4.78 is 13.3. The van der Waals surface area contributed by atoms with Gasteiger partial charge in [-0.2, -0.15) is 0 Å². The molecular weight excluding hydrogens is 394 g/mol. The van der Waals surface area contributed by atoms with Crippen molar-refractivity contribution in [3.63, 3.8) is 0 Å². The first-order valence-electron chi connectivity index (χ1n) is 9.94. The fraction of sp³-hybridized carbons (Fsp3) is 0.182. The molecule has 9 nitrogen and oxygen atoms in total. The highest BCUT2D eigenvalue weighted by molar-refractivity contribution is 5.94. The lowest BCUT2D eigenvalue weighted by atomic mass is 10.2. The number of aryl methyl sites for hydroxylation is 1. The highest BCUT2D eigenvalue weighted by atomic mass is 16.5. The van der Waals surface area contributed by atoms with E-state index in [9.17, 15) is 0 Å². The Bertz CT molecular complexity index is 1310. The number of H-pyrrole nitrogens is 1. The van der Waals surface area contributed by atoms with E-state index in [1.807, 2.05) is 42.7 Å². The van der Waals surface area contributed by atoms with Crippen LogP contribution in [0.2, 0.25) is 0 Å². The lowest BCUT2D eigenvalue weighted by Crippen LogP contribution is -2.06. The maximum absolute atomic E-state index is 5.96. The van der Waals surface area contributed by atoms with Gasteiger partial charge in [-0.25, -0.2) is 9.97 Å². The molecule has 0 saturated heterocycles. The van der Waals surface area contributed by atoms with Gasteiger partial charge in [-0.15, -0.1) is 5.10 Å². The highest BCUT2D eigenvalue weighted by Gasteiger charge is 2.12. The molecule has 0 aliphatic rings. The first-order valence-corrected chi connectivity index (χ1v) is 9.94. The summed E-state index contributed by atoms with van der Waals surface area (Å²) in [5, 5.41) is 13.1. The number of aromatic amines is 1. The van der Waals surface area contributed by atoms with Crippen molar-refractivity contribution in [2.24, 2.45) is 0 Å². The summed E-state index contributed by atoms with van der Waals surface area (Å²) in [7, 11) is 1.62. The first kappa shape index (κ1) is 18.9. The molecule has 3 heterocycles. The Hall–Kier alpha value is -4.14. The molecule has 5 aromatic rings. The van der Waals surface area contributed by atoms with Crippen LogP contribution in [0.5, 0.6) is 11.5 Å². The number of fused-ring (bicyclic) bond motifs is 2. The number of benzene rings is 2. The van der Waals surface area contributed by atoms with Crippen LogP contribution in [-0.4, -0.2) is 43.7 Å². The van der Waals surface area contributed by atoms with Crippen molar-refractivity contribution in [1.29, 1.82) is 0 Å². The number of hydrogen-bond acceptors (Lipinski definition) is 7. The molecule has 0 aliphatic carbocycles. The molecule has 31 heavy (non-hydrogen) atoms. The fourth-order valence-electron chi connectivity index (χ4n) is 3.46. The quantitative estimate of drug-likeness (QED) is 0.370. The molecule has 0 saturated carbocycles. The molecule has 5 rings (SSSR count). The van der Waals surface area contributed by atoms with E-state index in [-0.39, 0.29) is 0 Å². The summed E-state index contributed by atoms with van der Waals surface area (Å²) in [6, 6.07) is 11.9. The summed E-state index contributed by atoms with van der Waals surface area (Å²) in [6.45, 7) is 1.26. The minimum atomic E-state index is 0.522. The van der Waals surface area contributed by atoms with Gasteiger partial charge >= 0.3 is 0 Å². The average molecular weight is 415 g/mol. The monoisotopic (exact) mass is 415 g/mol. The molecule has 2 aromatic carbocycles. The third kappa shape index (κ3) is 3.97. The normalized spacial score (nSPS) is 11.1. The first-order chi connectivity index (χ1) is 15.3. The maximum atomic E-state index is 5.96. The SMILES string of the molecule is COc1cc2c(Nc3ccc4cc[nH]c4c3)ncnc2cc1OCCCn1ccnn1. The van der Waals surface area contributed by atoms with Crippen LogP contribution in [0, 0.1) is 0 Å². The Balaban J connectivity index is 1.37. The van der Waals surface area contributed by atoms with Crippen LogP contribution in [0.1, 0.15) is 6.42 Å². The van der Waals surface area contributed by atoms with E-state index in [0.717, 1.165) is 40.5 Å². The molecule has 0 aliphatic heterocycles. The van der Waals surface area contributed by atoms with E-state index in [4.69, 9.17) is 9.47 Å². The summed E-state index contributed by atoms with van der Waals surface area (Å²) in [6.07, 6.45) is 7.75. The average Bonchev–Trinajstić information content (AvgIpc) is 3.48. The van der Waals surface area contributed by atoms with Crippen molar-refractivity contribution in [1.82, 2.24) is 29.9 Å². The molecular formula is C22H21N7O2. The Morgan fingerprint density at radius 1 is 1.10 bits per heavy atom. The number of hydrogen-bond donors (Lipinski definition) is 2. The molecule has 156 valence electrons. The maximum Gasteiger partial charge on any atom is 0.163 e. The zero-order chi connectivity index (χ0) is 21.0. The lowest BCUT2D eigenvalue weighted by Gasteiger charge is -2.14. The van der Waals surface area contributed by atoms with Gasteiger partial charge in [0.2, 0.25) is 0 Å². The van der Waals surface area contributed by atoms with Crippen LogP contribution in [0.15, 0.2) is 61.3 Å². The molecule has 0 bridgehead atoms. The van der Waals surface area contributed by atoms with Gasteiger partial charge in [0.15, 0.2) is 11.5 Å². The van der Waals surface area contributed by atoms with E-state index in [2.05, 4.69) is 36.6 Å². The Morgan fingerprint density at radius 3 is 2.94 bits per heavy atom. The van der Waals surface area contributed by atoms with Gasteiger partial charge in [-0.3, -0.25) is 4.68 Å². The van der Waals surface area contributed by atoms with Crippen LogP contribution in [0.25, 0.3) is 21.8 Å². The number of rotatable bonds is 8. The second-order valence-corrected chi connectivity index (χ2v) is 7.02. The number of nitrogens with zero attached hydrogens (tertiary/aromatic N) is 5. The van der Waals surface area contributed by atoms with E-state index in [0.29, 0.717) is 23.9 Å². The van der Waals surface area contributed by atoms with Crippen molar-refractivity contribution >= 4 is 33.3 Å². The molecule has 0 fully saturated rings. The van der Waals surface area contributed by atoms with E-state index in [1.54, 1.807) is 24.3 Å². The van der Waals surface area contributed by atoms with E-state index < -0.39 is 0 Å². The van der Waals surface area contributed by atoms with Crippen LogP contribution >= 0.6 is 0 Å². The number of aromatic nitrogens is 6. The van der Waals surface area contributed by atoms with Crippen molar-refractivity contribution < 1.29 is 9.47 Å². The van der Waals surface area contributed by atoms with Gasteiger partial charge in [-0.05, 0) is 29.7 Å². The Kier molecular flexibility index (Phi) is 5.05. The second-order valence-electron chi connectivity index (χ2n) is 7.02. The Morgan fingerprint density at radius 2 is 2.06 bits per heavy atom. The van der Waals surface area contributed by atoms with Gasteiger partial charge in [-0.1, -0.05) is 11.3 Å². The van der Waals surface area contributed by atoms with Gasteiger partial charge in [0.25, 0.3) is 0 Å². The number of anilines is 2. The molecule has 0 atom stereocenters. The third-order valence-electron chi connectivity index (χ3n) is 5.00. The largest absolute Gasteiger partial charge is 0.493 e. The summed E-state index contributed by atoms with van der Waals surface area (Å²) >= 11 is 0. The van der Waals surface area contributed by atoms with Crippen molar-refractivity contribution in [3.05, 3.63) is 61.3 Å². The minimum Gasteiger partial charge on any atom is -0.493 e. The Labute approximate surface area is 178 Å². The molecule has 0 radical (unpaired) electrons. The minimum absolute atomic E-state index is 0.522. The van der Waals surface area contributed by atoms with Crippen molar-refractivity contribution in [2.75, 3.05) is 19.0 Å². The van der Waals surface area contributed by atoms with Gasteiger partial charge < -0.3 is 19.8 Å². The van der Waals surface area contributed by atoms with Crippen LogP contribution in [0.3, 0.4) is 0 Å². The highest BCUT2D eigenvalue weighted by Crippen LogP contribution is 2.35. The molecule has 2 N–H and O–H groups in total. The van der Waals surface area contributed by atoms with Crippen molar-refractivity contribution in [3.8, 4) is 11.5 Å². The number of ether oxygens (including phenoxy) is 2. The molecule has 3 aromatic heterocycles. The lowest BCUT2D eigenvalue weighted by molar-refractivity contribution is 0.280.